The number of carbonyl (C=O) groups excluding carboxylic acids is 1. The Labute approximate surface area is 158 Å². The summed E-state index contributed by atoms with van der Waals surface area (Å²) in [6, 6.07) is 13.6. The van der Waals surface area contributed by atoms with Crippen molar-refractivity contribution in [1.29, 1.82) is 0 Å². The van der Waals surface area contributed by atoms with E-state index in [0.717, 1.165) is 11.1 Å². The predicted molar refractivity (Wildman–Crippen MR) is 99.9 cm³/mol. The summed E-state index contributed by atoms with van der Waals surface area (Å²) in [5.74, 6) is -0.915. The molecule has 0 fully saturated rings. The average Bonchev–Trinajstić information content (AvgIpc) is 2.70. The Kier molecular flexibility index (Phi) is 6.08. The molecule has 0 spiro atoms. The zero-order valence-corrected chi connectivity index (χ0v) is 15.3. The standard InChI is InChI=1S/C21H23NO5/c1-2-26-11-12-27-19-10-6-5-9-17(19)20(23)22-14-16-8-4-3-7-15(16)13-18(22)21(24)25/h3-10,18H,2,11-14H2,1H3,(H,24,25)/t18-/m0/s1. The third kappa shape index (κ3) is 4.28. The first-order valence-corrected chi connectivity index (χ1v) is 9.02. The third-order valence-corrected chi connectivity index (χ3v) is 4.60. The quantitative estimate of drug-likeness (QED) is 0.760. The number of aliphatic carboxylic acids is 1. The van der Waals surface area contributed by atoms with Crippen LogP contribution in [0.15, 0.2) is 48.5 Å². The molecule has 6 nitrogen and oxygen atoms in total. The largest absolute Gasteiger partial charge is 0.490 e. The number of hydrogen-bond donors (Lipinski definition) is 1. The monoisotopic (exact) mass is 369 g/mol. The van der Waals surface area contributed by atoms with Gasteiger partial charge in [-0.1, -0.05) is 36.4 Å². The minimum atomic E-state index is -1.01. The first-order chi connectivity index (χ1) is 13.1. The van der Waals surface area contributed by atoms with E-state index in [4.69, 9.17) is 9.47 Å². The Morgan fingerprint density at radius 1 is 1.07 bits per heavy atom. The van der Waals surface area contributed by atoms with Gasteiger partial charge >= 0.3 is 5.97 Å². The van der Waals surface area contributed by atoms with Crippen molar-refractivity contribution >= 4 is 11.9 Å². The van der Waals surface area contributed by atoms with E-state index in [1.165, 1.54) is 4.90 Å². The number of nitrogens with zero attached hydrogens (tertiary/aromatic N) is 1. The van der Waals surface area contributed by atoms with Gasteiger partial charge in [0.2, 0.25) is 0 Å². The number of benzene rings is 2. The minimum Gasteiger partial charge on any atom is -0.490 e. The summed E-state index contributed by atoms with van der Waals surface area (Å²) in [5.41, 5.74) is 2.30. The second-order valence-corrected chi connectivity index (χ2v) is 6.30. The molecule has 2 aromatic rings. The Hall–Kier alpha value is -2.86. The summed E-state index contributed by atoms with van der Waals surface area (Å²) in [6.07, 6.45) is 0.296. The molecule has 1 aliphatic rings. The van der Waals surface area contributed by atoms with Crippen molar-refractivity contribution in [3.05, 3.63) is 65.2 Å². The van der Waals surface area contributed by atoms with Crippen LogP contribution in [0, 0.1) is 0 Å². The van der Waals surface area contributed by atoms with Crippen LogP contribution < -0.4 is 4.74 Å². The van der Waals surface area contributed by atoms with Gasteiger partial charge in [0.05, 0.1) is 12.2 Å². The molecule has 1 amide bonds. The molecule has 2 aromatic carbocycles. The number of fused-ring (bicyclic) bond motifs is 1. The first-order valence-electron chi connectivity index (χ1n) is 9.02. The van der Waals surface area contributed by atoms with Gasteiger partial charge in [-0.15, -0.1) is 0 Å². The van der Waals surface area contributed by atoms with Gasteiger partial charge in [-0.2, -0.15) is 0 Å². The molecule has 0 unspecified atom stereocenters. The zero-order chi connectivity index (χ0) is 19.2. The summed E-state index contributed by atoms with van der Waals surface area (Å²) in [6.45, 7) is 3.51. The summed E-state index contributed by atoms with van der Waals surface area (Å²) >= 11 is 0. The summed E-state index contributed by atoms with van der Waals surface area (Å²) in [5, 5.41) is 9.66. The van der Waals surface area contributed by atoms with Crippen molar-refractivity contribution in [2.24, 2.45) is 0 Å². The summed E-state index contributed by atoms with van der Waals surface area (Å²) in [7, 11) is 0. The minimum absolute atomic E-state index is 0.263. The maximum atomic E-state index is 13.2. The smallest absolute Gasteiger partial charge is 0.326 e. The number of carboxylic acids is 1. The van der Waals surface area contributed by atoms with E-state index in [-0.39, 0.29) is 12.5 Å². The summed E-state index contributed by atoms with van der Waals surface area (Å²) < 4.78 is 11.0. The van der Waals surface area contributed by atoms with Gasteiger partial charge < -0.3 is 19.5 Å². The molecule has 0 aromatic heterocycles. The Morgan fingerprint density at radius 2 is 1.78 bits per heavy atom. The van der Waals surface area contributed by atoms with Crippen LogP contribution in [0.4, 0.5) is 0 Å². The van der Waals surface area contributed by atoms with Crippen LogP contribution in [0.1, 0.15) is 28.4 Å². The van der Waals surface area contributed by atoms with Gasteiger partial charge in [0.1, 0.15) is 18.4 Å². The number of carboxylic acid groups (broad SMARTS) is 1. The molecule has 142 valence electrons. The van der Waals surface area contributed by atoms with Gasteiger partial charge in [-0.3, -0.25) is 4.79 Å². The summed E-state index contributed by atoms with van der Waals surface area (Å²) in [4.78, 5) is 26.4. The second kappa shape index (κ2) is 8.68. The lowest BCUT2D eigenvalue weighted by molar-refractivity contribution is -0.142. The van der Waals surface area contributed by atoms with E-state index < -0.39 is 12.0 Å². The fraction of sp³-hybridized carbons (Fsp3) is 0.333. The second-order valence-electron chi connectivity index (χ2n) is 6.30. The lowest BCUT2D eigenvalue weighted by Gasteiger charge is -2.34. The lowest BCUT2D eigenvalue weighted by Crippen LogP contribution is -2.48. The predicted octanol–water partition coefficient (Wildman–Crippen LogP) is 2.75. The molecule has 6 heteroatoms. The van der Waals surface area contributed by atoms with Crippen LogP contribution >= 0.6 is 0 Å². The maximum Gasteiger partial charge on any atom is 0.326 e. The molecule has 27 heavy (non-hydrogen) atoms. The fourth-order valence-corrected chi connectivity index (χ4v) is 3.24. The highest BCUT2D eigenvalue weighted by Gasteiger charge is 2.35. The van der Waals surface area contributed by atoms with Crippen LogP contribution in [-0.4, -0.2) is 47.7 Å². The Balaban J connectivity index is 1.85. The van der Waals surface area contributed by atoms with E-state index in [0.29, 0.717) is 37.6 Å². The van der Waals surface area contributed by atoms with Crippen LogP contribution in [0.5, 0.6) is 5.75 Å². The number of rotatable bonds is 7. The van der Waals surface area contributed by atoms with Crippen LogP contribution in [0.25, 0.3) is 0 Å². The van der Waals surface area contributed by atoms with Crippen molar-refractivity contribution < 1.29 is 24.2 Å². The first kappa shape index (κ1) is 18.9. The topological polar surface area (TPSA) is 76.1 Å². The molecule has 0 aliphatic carbocycles. The van der Waals surface area contributed by atoms with E-state index in [1.807, 2.05) is 31.2 Å². The van der Waals surface area contributed by atoms with Crippen LogP contribution in [-0.2, 0) is 22.5 Å². The SMILES string of the molecule is CCOCCOc1ccccc1C(=O)N1Cc2ccccc2C[C@H]1C(=O)O. The lowest BCUT2D eigenvalue weighted by atomic mass is 9.93. The zero-order valence-electron chi connectivity index (χ0n) is 15.3. The van der Waals surface area contributed by atoms with Crippen molar-refractivity contribution in [3.63, 3.8) is 0 Å². The molecular weight excluding hydrogens is 346 g/mol. The van der Waals surface area contributed by atoms with Crippen molar-refractivity contribution in [2.45, 2.75) is 25.9 Å². The number of amides is 1. The third-order valence-electron chi connectivity index (χ3n) is 4.60. The molecule has 1 heterocycles. The van der Waals surface area contributed by atoms with Crippen LogP contribution in [0.2, 0.25) is 0 Å². The Bertz CT molecular complexity index is 820. The number of hydrogen-bond acceptors (Lipinski definition) is 4. The molecular formula is C21H23NO5. The number of carbonyl (C=O) groups is 2. The van der Waals surface area contributed by atoms with Gasteiger partial charge in [0, 0.05) is 19.6 Å². The van der Waals surface area contributed by atoms with Gasteiger partial charge in [-0.25, -0.2) is 4.79 Å². The van der Waals surface area contributed by atoms with Crippen molar-refractivity contribution in [2.75, 3.05) is 19.8 Å². The molecule has 3 rings (SSSR count). The fourth-order valence-electron chi connectivity index (χ4n) is 3.24. The molecule has 0 bridgehead atoms. The molecule has 0 saturated heterocycles. The van der Waals surface area contributed by atoms with E-state index in [9.17, 15) is 14.7 Å². The van der Waals surface area contributed by atoms with Crippen LogP contribution in [0.3, 0.4) is 0 Å². The maximum absolute atomic E-state index is 13.2. The molecule has 1 atom stereocenters. The highest BCUT2D eigenvalue weighted by Crippen LogP contribution is 2.28. The Morgan fingerprint density at radius 3 is 2.52 bits per heavy atom. The molecule has 0 saturated carbocycles. The van der Waals surface area contributed by atoms with E-state index in [2.05, 4.69) is 0 Å². The number of ether oxygens (including phenoxy) is 2. The molecule has 1 N–H and O–H groups in total. The van der Waals surface area contributed by atoms with E-state index >= 15 is 0 Å². The molecule has 1 aliphatic heterocycles. The normalized spacial score (nSPS) is 15.9. The molecule has 0 radical (unpaired) electrons. The van der Waals surface area contributed by atoms with Gasteiger partial charge in [0.15, 0.2) is 0 Å². The van der Waals surface area contributed by atoms with Gasteiger partial charge in [0.25, 0.3) is 5.91 Å². The average molecular weight is 369 g/mol. The van der Waals surface area contributed by atoms with Crippen molar-refractivity contribution in [1.82, 2.24) is 4.90 Å². The van der Waals surface area contributed by atoms with Gasteiger partial charge in [-0.05, 0) is 30.2 Å². The van der Waals surface area contributed by atoms with Crippen molar-refractivity contribution in [3.8, 4) is 5.75 Å². The van der Waals surface area contributed by atoms with E-state index in [1.54, 1.807) is 24.3 Å². The highest BCUT2D eigenvalue weighted by molar-refractivity contribution is 5.99. The number of para-hydroxylation sites is 1. The highest BCUT2D eigenvalue weighted by atomic mass is 16.5.